The number of hydrogen-bond acceptors (Lipinski definition) is 6. The van der Waals surface area contributed by atoms with Crippen LogP contribution >= 0.6 is 0 Å². The van der Waals surface area contributed by atoms with E-state index in [-0.39, 0.29) is 5.92 Å². The fourth-order valence-electron chi connectivity index (χ4n) is 3.24. The summed E-state index contributed by atoms with van der Waals surface area (Å²) >= 11 is 0. The standard InChI is InChI=1S/C17H20N4O2/c1-10-16-13(20-17(18)19-10)8-11(9-14(16)21-23-3)12-6-4-5-7-15(12)22-2/h4-7,11H,8-9H2,1-3H3,(H2,18,19,20)/b21-14+. The Morgan fingerprint density at radius 2 is 1.96 bits per heavy atom. The van der Waals surface area contributed by atoms with Gasteiger partial charge in [-0.25, -0.2) is 9.97 Å². The smallest absolute Gasteiger partial charge is 0.220 e. The average molecular weight is 312 g/mol. The second-order valence-electron chi connectivity index (χ2n) is 5.56. The first-order valence-corrected chi connectivity index (χ1v) is 7.50. The van der Waals surface area contributed by atoms with Crippen molar-refractivity contribution < 1.29 is 9.57 Å². The molecule has 2 N–H and O–H groups in total. The Morgan fingerprint density at radius 3 is 2.70 bits per heavy atom. The molecule has 1 aromatic carbocycles. The Bertz CT molecular complexity index is 758. The van der Waals surface area contributed by atoms with Crippen molar-refractivity contribution in [2.75, 3.05) is 20.0 Å². The van der Waals surface area contributed by atoms with E-state index in [1.165, 1.54) is 0 Å². The molecule has 0 aliphatic heterocycles. The zero-order chi connectivity index (χ0) is 16.4. The number of anilines is 1. The van der Waals surface area contributed by atoms with Crippen molar-refractivity contribution in [2.24, 2.45) is 5.16 Å². The molecule has 6 nitrogen and oxygen atoms in total. The summed E-state index contributed by atoms with van der Waals surface area (Å²) in [6.45, 7) is 1.92. The van der Waals surface area contributed by atoms with Crippen molar-refractivity contribution >= 4 is 11.7 Å². The maximum atomic E-state index is 5.82. The van der Waals surface area contributed by atoms with Crippen LogP contribution in [0.3, 0.4) is 0 Å². The van der Waals surface area contributed by atoms with E-state index >= 15 is 0 Å². The summed E-state index contributed by atoms with van der Waals surface area (Å²) in [6, 6.07) is 8.03. The van der Waals surface area contributed by atoms with Gasteiger partial charge in [0.15, 0.2) is 0 Å². The fourth-order valence-corrected chi connectivity index (χ4v) is 3.24. The summed E-state index contributed by atoms with van der Waals surface area (Å²) in [5, 5.41) is 4.20. The van der Waals surface area contributed by atoms with Crippen LogP contribution in [0.2, 0.25) is 0 Å². The molecule has 0 spiro atoms. The minimum atomic E-state index is 0.209. The van der Waals surface area contributed by atoms with Crippen LogP contribution in [0.1, 0.15) is 34.9 Å². The molecular formula is C17H20N4O2. The van der Waals surface area contributed by atoms with Crippen LogP contribution in [0.4, 0.5) is 5.95 Å². The fraction of sp³-hybridized carbons (Fsp3) is 0.353. The van der Waals surface area contributed by atoms with E-state index in [2.05, 4.69) is 21.2 Å². The van der Waals surface area contributed by atoms with E-state index in [0.717, 1.165) is 46.8 Å². The van der Waals surface area contributed by atoms with Gasteiger partial charge in [0.1, 0.15) is 12.9 Å². The van der Waals surface area contributed by atoms with Crippen LogP contribution in [0.25, 0.3) is 0 Å². The van der Waals surface area contributed by atoms with Gasteiger partial charge in [-0.05, 0) is 30.9 Å². The van der Waals surface area contributed by atoms with Crippen LogP contribution in [0, 0.1) is 6.92 Å². The first-order chi connectivity index (χ1) is 11.1. The number of nitrogen functional groups attached to an aromatic ring is 1. The second-order valence-corrected chi connectivity index (χ2v) is 5.56. The number of nitrogens with zero attached hydrogens (tertiary/aromatic N) is 3. The molecule has 0 fully saturated rings. The van der Waals surface area contributed by atoms with E-state index in [1.807, 2.05) is 25.1 Å². The predicted octanol–water partition coefficient (Wildman–Crippen LogP) is 2.46. The molecule has 23 heavy (non-hydrogen) atoms. The van der Waals surface area contributed by atoms with Gasteiger partial charge in [0.2, 0.25) is 5.95 Å². The van der Waals surface area contributed by atoms with E-state index in [0.29, 0.717) is 5.95 Å². The number of aryl methyl sites for hydroxylation is 1. The normalized spacial score (nSPS) is 18.6. The Kier molecular flexibility index (Phi) is 4.14. The summed E-state index contributed by atoms with van der Waals surface area (Å²) < 4.78 is 5.50. The predicted molar refractivity (Wildman–Crippen MR) is 88.8 cm³/mol. The molecule has 1 aromatic heterocycles. The number of aromatic nitrogens is 2. The van der Waals surface area contributed by atoms with Gasteiger partial charge in [-0.3, -0.25) is 0 Å². The third-order valence-electron chi connectivity index (χ3n) is 4.13. The zero-order valence-electron chi connectivity index (χ0n) is 13.5. The summed E-state index contributed by atoms with van der Waals surface area (Å²) in [6.07, 6.45) is 1.52. The first-order valence-electron chi connectivity index (χ1n) is 7.50. The van der Waals surface area contributed by atoms with Crippen molar-refractivity contribution in [1.29, 1.82) is 0 Å². The largest absolute Gasteiger partial charge is 0.496 e. The number of fused-ring (bicyclic) bond motifs is 1. The molecule has 1 aliphatic carbocycles. The third-order valence-corrected chi connectivity index (χ3v) is 4.13. The molecule has 6 heteroatoms. The highest BCUT2D eigenvalue weighted by Crippen LogP contribution is 2.37. The van der Waals surface area contributed by atoms with E-state index in [4.69, 9.17) is 15.3 Å². The second kappa shape index (κ2) is 6.24. The van der Waals surface area contributed by atoms with Crippen LogP contribution in [-0.4, -0.2) is 29.9 Å². The number of benzene rings is 1. The monoisotopic (exact) mass is 312 g/mol. The van der Waals surface area contributed by atoms with Crippen molar-refractivity contribution in [3.8, 4) is 5.75 Å². The van der Waals surface area contributed by atoms with E-state index < -0.39 is 0 Å². The van der Waals surface area contributed by atoms with Gasteiger partial charge in [0, 0.05) is 12.0 Å². The molecule has 0 amide bonds. The highest BCUT2D eigenvalue weighted by molar-refractivity contribution is 6.03. The Balaban J connectivity index is 2.09. The maximum Gasteiger partial charge on any atom is 0.220 e. The zero-order valence-corrected chi connectivity index (χ0v) is 13.5. The molecule has 1 heterocycles. The van der Waals surface area contributed by atoms with Gasteiger partial charge in [0.25, 0.3) is 0 Å². The van der Waals surface area contributed by atoms with Gasteiger partial charge in [-0.1, -0.05) is 23.4 Å². The van der Waals surface area contributed by atoms with Crippen molar-refractivity contribution in [3.05, 3.63) is 46.8 Å². The molecule has 1 atom stereocenters. The van der Waals surface area contributed by atoms with Crippen LogP contribution in [0.5, 0.6) is 5.75 Å². The van der Waals surface area contributed by atoms with Crippen molar-refractivity contribution in [1.82, 2.24) is 9.97 Å². The summed E-state index contributed by atoms with van der Waals surface area (Å²) in [7, 11) is 3.23. The number of hydrogen-bond donors (Lipinski definition) is 1. The maximum absolute atomic E-state index is 5.82. The number of rotatable bonds is 3. The van der Waals surface area contributed by atoms with Gasteiger partial charge in [0.05, 0.1) is 24.2 Å². The summed E-state index contributed by atoms with van der Waals surface area (Å²) in [5.41, 5.74) is 10.5. The van der Waals surface area contributed by atoms with E-state index in [1.54, 1.807) is 14.2 Å². The molecule has 0 saturated carbocycles. The Labute approximate surface area is 135 Å². The Hall–Kier alpha value is -2.63. The lowest BCUT2D eigenvalue weighted by Crippen LogP contribution is -2.24. The van der Waals surface area contributed by atoms with Crippen LogP contribution in [-0.2, 0) is 11.3 Å². The molecule has 0 radical (unpaired) electrons. The van der Waals surface area contributed by atoms with Gasteiger partial charge in [-0.15, -0.1) is 0 Å². The van der Waals surface area contributed by atoms with Gasteiger partial charge in [-0.2, -0.15) is 0 Å². The summed E-state index contributed by atoms with van der Waals surface area (Å²) in [5.74, 6) is 1.37. The molecule has 0 bridgehead atoms. The van der Waals surface area contributed by atoms with Crippen molar-refractivity contribution in [3.63, 3.8) is 0 Å². The molecular weight excluding hydrogens is 292 g/mol. The number of methoxy groups -OCH3 is 1. The molecule has 1 unspecified atom stereocenters. The molecule has 0 saturated heterocycles. The topological polar surface area (TPSA) is 82.6 Å². The number of para-hydroxylation sites is 1. The van der Waals surface area contributed by atoms with Crippen LogP contribution in [0.15, 0.2) is 29.4 Å². The lowest BCUT2D eigenvalue weighted by Gasteiger charge is -2.27. The average Bonchev–Trinajstić information content (AvgIpc) is 2.54. The minimum absolute atomic E-state index is 0.209. The lowest BCUT2D eigenvalue weighted by molar-refractivity contribution is 0.212. The molecule has 1 aliphatic rings. The third kappa shape index (κ3) is 2.84. The number of oxime groups is 1. The SMILES string of the molecule is CO/N=C1\CC(c2ccccc2OC)Cc2nc(N)nc(C)c21. The minimum Gasteiger partial charge on any atom is -0.496 e. The lowest BCUT2D eigenvalue weighted by atomic mass is 9.80. The van der Waals surface area contributed by atoms with E-state index in [9.17, 15) is 0 Å². The van der Waals surface area contributed by atoms with Crippen LogP contribution < -0.4 is 10.5 Å². The molecule has 120 valence electrons. The highest BCUT2D eigenvalue weighted by atomic mass is 16.6. The summed E-state index contributed by atoms with van der Waals surface area (Å²) in [4.78, 5) is 13.7. The van der Waals surface area contributed by atoms with Gasteiger partial charge >= 0.3 is 0 Å². The molecule has 2 aromatic rings. The highest BCUT2D eigenvalue weighted by Gasteiger charge is 2.30. The first kappa shape index (κ1) is 15.3. The van der Waals surface area contributed by atoms with Crippen molar-refractivity contribution in [2.45, 2.75) is 25.7 Å². The number of nitrogens with two attached hydrogens (primary N) is 1. The molecule has 3 rings (SSSR count). The quantitative estimate of drug-likeness (QED) is 0.880. The Morgan fingerprint density at radius 1 is 1.17 bits per heavy atom. The number of ether oxygens (including phenoxy) is 1. The van der Waals surface area contributed by atoms with Gasteiger partial charge < -0.3 is 15.3 Å².